The van der Waals surface area contributed by atoms with Gasteiger partial charge in [0.1, 0.15) is 12.4 Å². The third-order valence-corrected chi connectivity index (χ3v) is 6.56. The molecule has 1 aliphatic carbocycles. The Morgan fingerprint density at radius 2 is 1.60 bits per heavy atom. The van der Waals surface area contributed by atoms with Crippen LogP contribution in [0.15, 0.2) is 66.7 Å². The molecule has 0 aromatic heterocycles. The van der Waals surface area contributed by atoms with Crippen LogP contribution in [0.3, 0.4) is 0 Å². The van der Waals surface area contributed by atoms with Crippen LogP contribution in [-0.2, 0) is 9.53 Å². The molecule has 0 atom stereocenters. The number of carbonyl (C=O) groups is 3. The van der Waals surface area contributed by atoms with Gasteiger partial charge in [-0.2, -0.15) is 11.8 Å². The zero-order valence-electron chi connectivity index (χ0n) is 18.7. The molecule has 0 saturated heterocycles. The number of carboxylic acid groups (broad SMARTS) is 1. The van der Waals surface area contributed by atoms with Crippen molar-refractivity contribution in [2.24, 2.45) is 0 Å². The maximum Gasteiger partial charge on any atom is 0.407 e. The van der Waals surface area contributed by atoms with Gasteiger partial charge in [-0.05, 0) is 40.5 Å². The predicted octanol–water partition coefficient (Wildman–Crippen LogP) is 4.30. The van der Waals surface area contributed by atoms with Crippen LogP contribution in [0.4, 0.5) is 10.5 Å². The molecular formula is C26H24N2O6S. The van der Waals surface area contributed by atoms with Crippen molar-refractivity contribution < 1.29 is 29.3 Å². The Hall–Kier alpha value is -3.98. The van der Waals surface area contributed by atoms with Crippen molar-refractivity contribution in [1.29, 1.82) is 0 Å². The second-order valence-electron chi connectivity index (χ2n) is 7.89. The standard InChI is InChI=1S/C26H24N2O6S/c29-16-9-10-23(21(13-16)25(31)32)28-24(30)15-35-12-11-27-26(33)34-14-22-19-7-3-1-5-17(19)18-6-2-4-8-20(18)22/h1-10,13,22,29H,11-12,14-15H2,(H,27,33)(H,28,30)(H,31,32). The average molecular weight is 493 g/mol. The molecule has 0 unspecified atom stereocenters. The number of alkyl carbamates (subject to hydrolysis) is 1. The van der Waals surface area contributed by atoms with Crippen LogP contribution >= 0.6 is 11.8 Å². The fourth-order valence-electron chi connectivity index (χ4n) is 4.04. The zero-order valence-corrected chi connectivity index (χ0v) is 19.5. The summed E-state index contributed by atoms with van der Waals surface area (Å²) in [5.41, 5.74) is 4.52. The molecule has 8 nitrogen and oxygen atoms in total. The van der Waals surface area contributed by atoms with Crippen molar-refractivity contribution in [1.82, 2.24) is 5.32 Å². The van der Waals surface area contributed by atoms with Gasteiger partial charge in [0, 0.05) is 18.2 Å². The number of hydrogen-bond donors (Lipinski definition) is 4. The van der Waals surface area contributed by atoms with E-state index in [1.54, 1.807) is 0 Å². The molecule has 3 aromatic rings. The van der Waals surface area contributed by atoms with Gasteiger partial charge in [0.25, 0.3) is 0 Å². The van der Waals surface area contributed by atoms with Crippen molar-refractivity contribution in [3.05, 3.63) is 83.4 Å². The third-order valence-electron chi connectivity index (χ3n) is 5.60. The Kier molecular flexibility index (Phi) is 7.57. The number of aromatic hydroxyl groups is 1. The number of carboxylic acids is 1. The number of nitrogens with one attached hydrogen (secondary N) is 2. The number of phenols is 1. The lowest BCUT2D eigenvalue weighted by atomic mass is 9.98. The van der Waals surface area contributed by atoms with Gasteiger partial charge in [0.15, 0.2) is 0 Å². The topological polar surface area (TPSA) is 125 Å². The van der Waals surface area contributed by atoms with Crippen LogP contribution < -0.4 is 10.6 Å². The Balaban J connectivity index is 1.19. The van der Waals surface area contributed by atoms with Gasteiger partial charge in [-0.15, -0.1) is 0 Å². The molecule has 35 heavy (non-hydrogen) atoms. The second kappa shape index (κ2) is 11.0. The van der Waals surface area contributed by atoms with E-state index in [1.807, 2.05) is 24.3 Å². The van der Waals surface area contributed by atoms with E-state index in [0.717, 1.165) is 28.3 Å². The summed E-state index contributed by atoms with van der Waals surface area (Å²) < 4.78 is 5.48. The Bertz CT molecular complexity index is 1220. The number of hydrogen-bond acceptors (Lipinski definition) is 6. The van der Waals surface area contributed by atoms with Crippen molar-refractivity contribution >= 4 is 35.4 Å². The van der Waals surface area contributed by atoms with Crippen LogP contribution in [0, 0.1) is 0 Å². The first-order valence-electron chi connectivity index (χ1n) is 11.0. The monoisotopic (exact) mass is 492 g/mol. The number of ether oxygens (including phenoxy) is 1. The summed E-state index contributed by atoms with van der Waals surface area (Å²) >= 11 is 1.29. The molecule has 0 aliphatic heterocycles. The van der Waals surface area contributed by atoms with E-state index in [4.69, 9.17) is 4.74 Å². The number of amides is 2. The number of carbonyl (C=O) groups excluding carboxylic acids is 2. The molecule has 180 valence electrons. The Morgan fingerprint density at radius 1 is 0.943 bits per heavy atom. The smallest absolute Gasteiger partial charge is 0.407 e. The molecule has 0 radical (unpaired) electrons. The maximum atomic E-state index is 12.2. The maximum absolute atomic E-state index is 12.2. The van der Waals surface area contributed by atoms with Gasteiger partial charge in [-0.25, -0.2) is 9.59 Å². The van der Waals surface area contributed by atoms with Crippen molar-refractivity contribution in [3.8, 4) is 16.9 Å². The van der Waals surface area contributed by atoms with Crippen LogP contribution in [0.1, 0.15) is 27.4 Å². The van der Waals surface area contributed by atoms with E-state index in [-0.39, 0.29) is 41.2 Å². The highest BCUT2D eigenvalue weighted by molar-refractivity contribution is 7.99. The van der Waals surface area contributed by atoms with Crippen LogP contribution in [-0.4, -0.2) is 52.8 Å². The van der Waals surface area contributed by atoms with Crippen LogP contribution in [0.25, 0.3) is 11.1 Å². The molecule has 0 bridgehead atoms. The highest BCUT2D eigenvalue weighted by Crippen LogP contribution is 2.44. The molecule has 2 amide bonds. The summed E-state index contributed by atoms with van der Waals surface area (Å²) in [5.74, 6) is -1.30. The minimum absolute atomic E-state index is 0.0122. The molecule has 9 heteroatoms. The fraction of sp³-hybridized carbons (Fsp3) is 0.192. The van der Waals surface area contributed by atoms with Gasteiger partial charge in [0.2, 0.25) is 5.91 Å². The van der Waals surface area contributed by atoms with E-state index in [2.05, 4.69) is 34.9 Å². The van der Waals surface area contributed by atoms with E-state index >= 15 is 0 Å². The van der Waals surface area contributed by atoms with Gasteiger partial charge in [-0.1, -0.05) is 48.5 Å². The molecule has 3 aromatic carbocycles. The van der Waals surface area contributed by atoms with Gasteiger partial charge < -0.3 is 25.6 Å². The van der Waals surface area contributed by atoms with Crippen LogP contribution in [0.5, 0.6) is 5.75 Å². The lowest BCUT2D eigenvalue weighted by Crippen LogP contribution is -2.28. The number of thioether (sulfide) groups is 1. The molecule has 0 heterocycles. The number of anilines is 1. The number of benzene rings is 3. The molecule has 4 N–H and O–H groups in total. The Morgan fingerprint density at radius 3 is 2.26 bits per heavy atom. The SMILES string of the molecule is O=C(CSCCNC(=O)OCC1c2ccccc2-c2ccccc21)Nc1ccc(O)cc1C(=O)O. The molecule has 0 spiro atoms. The molecule has 0 saturated carbocycles. The van der Waals surface area contributed by atoms with Crippen molar-refractivity contribution in [2.45, 2.75) is 5.92 Å². The van der Waals surface area contributed by atoms with E-state index in [0.29, 0.717) is 12.3 Å². The van der Waals surface area contributed by atoms with Gasteiger partial charge in [0.05, 0.1) is 17.0 Å². The number of fused-ring (bicyclic) bond motifs is 3. The van der Waals surface area contributed by atoms with Crippen molar-refractivity contribution in [3.63, 3.8) is 0 Å². The first-order chi connectivity index (χ1) is 16.9. The van der Waals surface area contributed by atoms with E-state index < -0.39 is 12.1 Å². The van der Waals surface area contributed by atoms with E-state index in [1.165, 1.54) is 23.9 Å². The predicted molar refractivity (Wildman–Crippen MR) is 134 cm³/mol. The number of phenolic OH excluding ortho intramolecular Hbond substituents is 1. The molecule has 4 rings (SSSR count). The minimum atomic E-state index is -1.25. The summed E-state index contributed by atoms with van der Waals surface area (Å²) in [6, 6.07) is 19.9. The second-order valence-corrected chi connectivity index (χ2v) is 8.99. The van der Waals surface area contributed by atoms with Gasteiger partial charge in [-0.3, -0.25) is 4.79 Å². The lowest BCUT2D eigenvalue weighted by molar-refractivity contribution is -0.113. The third kappa shape index (κ3) is 5.75. The Labute approximate surface area is 206 Å². The summed E-state index contributed by atoms with van der Waals surface area (Å²) in [7, 11) is 0. The molecule has 1 aliphatic rings. The lowest BCUT2D eigenvalue weighted by Gasteiger charge is -2.14. The number of aromatic carboxylic acids is 1. The average Bonchev–Trinajstić information content (AvgIpc) is 3.17. The molecular weight excluding hydrogens is 468 g/mol. The number of rotatable bonds is 9. The summed E-state index contributed by atoms with van der Waals surface area (Å²) in [4.78, 5) is 35.6. The van der Waals surface area contributed by atoms with E-state index in [9.17, 15) is 24.6 Å². The summed E-state index contributed by atoms with van der Waals surface area (Å²) in [6.07, 6.45) is -0.521. The normalized spacial score (nSPS) is 11.9. The van der Waals surface area contributed by atoms with Gasteiger partial charge >= 0.3 is 12.1 Å². The zero-order chi connectivity index (χ0) is 24.8. The highest BCUT2D eigenvalue weighted by Gasteiger charge is 2.28. The summed E-state index contributed by atoms with van der Waals surface area (Å²) in [6.45, 7) is 0.544. The first-order valence-corrected chi connectivity index (χ1v) is 12.1. The fourth-order valence-corrected chi connectivity index (χ4v) is 4.69. The van der Waals surface area contributed by atoms with Crippen LogP contribution in [0.2, 0.25) is 0 Å². The summed E-state index contributed by atoms with van der Waals surface area (Å²) in [5, 5.41) is 23.8. The largest absolute Gasteiger partial charge is 0.508 e. The highest BCUT2D eigenvalue weighted by atomic mass is 32.2. The quantitative estimate of drug-likeness (QED) is 0.259. The minimum Gasteiger partial charge on any atom is -0.508 e. The van der Waals surface area contributed by atoms with Crippen molar-refractivity contribution in [2.75, 3.05) is 30.0 Å². The first kappa shape index (κ1) is 24.2. The molecule has 0 fully saturated rings.